The SMILES string of the molecule is CC(C)c1nc(OC2CCCC2CN)cc(=O)[nH]1. The van der Waals surface area contributed by atoms with Crippen molar-refractivity contribution in [3.05, 3.63) is 22.2 Å². The van der Waals surface area contributed by atoms with Crippen LogP contribution >= 0.6 is 0 Å². The summed E-state index contributed by atoms with van der Waals surface area (Å²) in [5.41, 5.74) is 5.56. The fourth-order valence-corrected chi connectivity index (χ4v) is 2.37. The molecule has 1 aliphatic rings. The third kappa shape index (κ3) is 2.90. The second-order valence-corrected chi connectivity index (χ2v) is 5.21. The Balaban J connectivity index is 2.16. The minimum absolute atomic E-state index is 0.101. The fourth-order valence-electron chi connectivity index (χ4n) is 2.37. The Morgan fingerprint density at radius 3 is 3.00 bits per heavy atom. The molecule has 2 rings (SSSR count). The molecule has 100 valence electrons. The van der Waals surface area contributed by atoms with Gasteiger partial charge >= 0.3 is 0 Å². The topological polar surface area (TPSA) is 81.0 Å². The van der Waals surface area contributed by atoms with Gasteiger partial charge in [0.1, 0.15) is 11.9 Å². The van der Waals surface area contributed by atoms with Crippen LogP contribution in [0.2, 0.25) is 0 Å². The van der Waals surface area contributed by atoms with Gasteiger partial charge in [-0.05, 0) is 25.8 Å². The van der Waals surface area contributed by atoms with Gasteiger partial charge in [0.25, 0.3) is 5.56 Å². The lowest BCUT2D eigenvalue weighted by atomic mass is 10.1. The fraction of sp³-hybridized carbons (Fsp3) is 0.692. The van der Waals surface area contributed by atoms with Crippen LogP contribution in [0, 0.1) is 5.92 Å². The summed E-state index contributed by atoms with van der Waals surface area (Å²) < 4.78 is 5.84. The number of rotatable bonds is 4. The van der Waals surface area contributed by atoms with Crippen LogP contribution in [-0.4, -0.2) is 22.6 Å². The average molecular weight is 251 g/mol. The molecule has 5 heteroatoms. The average Bonchev–Trinajstić information content (AvgIpc) is 2.75. The molecule has 1 saturated carbocycles. The van der Waals surface area contributed by atoms with Gasteiger partial charge in [0.15, 0.2) is 0 Å². The lowest BCUT2D eigenvalue weighted by Gasteiger charge is -2.19. The van der Waals surface area contributed by atoms with E-state index in [1.165, 1.54) is 6.07 Å². The second-order valence-electron chi connectivity index (χ2n) is 5.21. The van der Waals surface area contributed by atoms with Crippen LogP contribution in [0.15, 0.2) is 10.9 Å². The van der Waals surface area contributed by atoms with Crippen molar-refractivity contribution in [1.82, 2.24) is 9.97 Å². The van der Waals surface area contributed by atoms with E-state index in [0.29, 0.717) is 24.2 Å². The van der Waals surface area contributed by atoms with Gasteiger partial charge in [-0.2, -0.15) is 4.98 Å². The van der Waals surface area contributed by atoms with Crippen molar-refractivity contribution in [2.75, 3.05) is 6.54 Å². The van der Waals surface area contributed by atoms with Gasteiger partial charge in [-0.25, -0.2) is 0 Å². The number of hydrogen-bond donors (Lipinski definition) is 2. The predicted octanol–water partition coefficient (Wildman–Crippen LogP) is 1.40. The monoisotopic (exact) mass is 251 g/mol. The maximum Gasteiger partial charge on any atom is 0.254 e. The van der Waals surface area contributed by atoms with Crippen molar-refractivity contribution < 1.29 is 4.74 Å². The third-order valence-electron chi connectivity index (χ3n) is 3.45. The van der Waals surface area contributed by atoms with E-state index >= 15 is 0 Å². The van der Waals surface area contributed by atoms with Crippen molar-refractivity contribution in [3.8, 4) is 5.88 Å². The van der Waals surface area contributed by atoms with Gasteiger partial charge in [-0.15, -0.1) is 0 Å². The highest BCUT2D eigenvalue weighted by atomic mass is 16.5. The van der Waals surface area contributed by atoms with Gasteiger partial charge in [-0.3, -0.25) is 4.79 Å². The Morgan fingerprint density at radius 2 is 2.33 bits per heavy atom. The predicted molar refractivity (Wildman–Crippen MR) is 69.8 cm³/mol. The maximum atomic E-state index is 11.5. The number of nitrogens with one attached hydrogen (secondary N) is 1. The van der Waals surface area contributed by atoms with Crippen LogP contribution in [0.3, 0.4) is 0 Å². The minimum Gasteiger partial charge on any atom is -0.474 e. The first-order valence-electron chi connectivity index (χ1n) is 6.58. The van der Waals surface area contributed by atoms with E-state index in [2.05, 4.69) is 9.97 Å². The molecule has 0 saturated heterocycles. The van der Waals surface area contributed by atoms with E-state index in [4.69, 9.17) is 10.5 Å². The highest BCUT2D eigenvalue weighted by Gasteiger charge is 2.28. The van der Waals surface area contributed by atoms with E-state index < -0.39 is 0 Å². The summed E-state index contributed by atoms with van der Waals surface area (Å²) in [7, 11) is 0. The summed E-state index contributed by atoms with van der Waals surface area (Å²) in [6.45, 7) is 4.60. The van der Waals surface area contributed by atoms with Crippen molar-refractivity contribution in [3.63, 3.8) is 0 Å². The smallest absolute Gasteiger partial charge is 0.254 e. The van der Waals surface area contributed by atoms with E-state index in [1.54, 1.807) is 0 Å². The van der Waals surface area contributed by atoms with E-state index in [-0.39, 0.29) is 17.6 Å². The molecule has 1 aromatic rings. The number of nitrogens with two attached hydrogens (primary N) is 1. The van der Waals surface area contributed by atoms with Gasteiger partial charge < -0.3 is 15.5 Å². The molecule has 1 aliphatic carbocycles. The molecule has 2 atom stereocenters. The summed E-state index contributed by atoms with van der Waals surface area (Å²) >= 11 is 0. The molecule has 0 amide bonds. The number of aromatic amines is 1. The molecule has 18 heavy (non-hydrogen) atoms. The van der Waals surface area contributed by atoms with Crippen molar-refractivity contribution in [2.45, 2.75) is 45.1 Å². The lowest BCUT2D eigenvalue weighted by molar-refractivity contribution is 0.154. The molecule has 1 heterocycles. The van der Waals surface area contributed by atoms with Crippen LogP contribution in [0.1, 0.15) is 44.9 Å². The normalized spacial score (nSPS) is 23.6. The molecular formula is C13H21N3O2. The molecule has 5 nitrogen and oxygen atoms in total. The number of nitrogens with zero attached hydrogens (tertiary/aromatic N) is 1. The summed E-state index contributed by atoms with van der Waals surface area (Å²) in [5.74, 6) is 1.65. The lowest BCUT2D eigenvalue weighted by Crippen LogP contribution is -2.28. The Kier molecular flexibility index (Phi) is 4.01. The molecule has 2 unspecified atom stereocenters. The minimum atomic E-state index is -0.161. The largest absolute Gasteiger partial charge is 0.474 e. The molecule has 0 radical (unpaired) electrons. The van der Waals surface area contributed by atoms with Gasteiger partial charge in [0.2, 0.25) is 5.88 Å². The van der Waals surface area contributed by atoms with Crippen LogP contribution in [0.4, 0.5) is 0 Å². The van der Waals surface area contributed by atoms with E-state index in [1.807, 2.05) is 13.8 Å². The maximum absolute atomic E-state index is 11.5. The third-order valence-corrected chi connectivity index (χ3v) is 3.45. The van der Waals surface area contributed by atoms with Crippen LogP contribution in [-0.2, 0) is 0 Å². The summed E-state index contributed by atoms with van der Waals surface area (Å²) in [6, 6.07) is 1.41. The number of hydrogen-bond acceptors (Lipinski definition) is 4. The first-order chi connectivity index (χ1) is 8.60. The first-order valence-corrected chi connectivity index (χ1v) is 6.58. The van der Waals surface area contributed by atoms with Crippen molar-refractivity contribution in [1.29, 1.82) is 0 Å². The highest BCUT2D eigenvalue weighted by molar-refractivity contribution is 5.11. The molecule has 1 fully saturated rings. The molecule has 0 aromatic carbocycles. The second kappa shape index (κ2) is 5.52. The molecule has 3 N–H and O–H groups in total. The zero-order valence-corrected chi connectivity index (χ0v) is 11.0. The van der Waals surface area contributed by atoms with Crippen LogP contribution < -0.4 is 16.0 Å². The number of aromatic nitrogens is 2. The van der Waals surface area contributed by atoms with E-state index in [9.17, 15) is 4.79 Å². The Bertz CT molecular complexity index is 456. The summed E-state index contributed by atoms with van der Waals surface area (Å²) in [6.07, 6.45) is 3.32. The highest BCUT2D eigenvalue weighted by Crippen LogP contribution is 2.28. The molecule has 0 spiro atoms. The van der Waals surface area contributed by atoms with Crippen LogP contribution in [0.5, 0.6) is 5.88 Å². The molecule has 1 aromatic heterocycles. The Hall–Kier alpha value is -1.36. The summed E-state index contributed by atoms with van der Waals surface area (Å²) in [4.78, 5) is 18.6. The Labute approximate surface area is 107 Å². The van der Waals surface area contributed by atoms with Gasteiger partial charge in [0, 0.05) is 11.8 Å². The van der Waals surface area contributed by atoms with Gasteiger partial charge in [-0.1, -0.05) is 13.8 Å². The number of H-pyrrole nitrogens is 1. The summed E-state index contributed by atoms with van der Waals surface area (Å²) in [5, 5.41) is 0. The zero-order chi connectivity index (χ0) is 13.1. The van der Waals surface area contributed by atoms with E-state index in [0.717, 1.165) is 19.3 Å². The quantitative estimate of drug-likeness (QED) is 0.847. The van der Waals surface area contributed by atoms with Crippen LogP contribution in [0.25, 0.3) is 0 Å². The molecule has 0 bridgehead atoms. The standard InChI is InChI=1S/C13H21N3O2/c1-8(2)13-15-11(17)6-12(16-13)18-10-5-3-4-9(10)7-14/h6,8-10H,3-5,7,14H2,1-2H3,(H,15,16,17). The molecule has 0 aliphatic heterocycles. The first kappa shape index (κ1) is 13.1. The number of ether oxygens (including phenoxy) is 1. The van der Waals surface area contributed by atoms with Gasteiger partial charge in [0.05, 0.1) is 6.07 Å². The zero-order valence-electron chi connectivity index (χ0n) is 11.0. The van der Waals surface area contributed by atoms with Crippen molar-refractivity contribution >= 4 is 0 Å². The van der Waals surface area contributed by atoms with Crippen molar-refractivity contribution in [2.24, 2.45) is 11.7 Å². The molecular weight excluding hydrogens is 230 g/mol. The Morgan fingerprint density at radius 1 is 1.56 bits per heavy atom.